The highest BCUT2D eigenvalue weighted by Crippen LogP contribution is 2.12. The van der Waals surface area contributed by atoms with Gasteiger partial charge in [-0.2, -0.15) is 0 Å². The molecule has 1 rings (SSSR count). The van der Waals surface area contributed by atoms with Gasteiger partial charge in [0, 0.05) is 11.4 Å². The van der Waals surface area contributed by atoms with Crippen molar-refractivity contribution in [2.24, 2.45) is 0 Å². The first-order chi connectivity index (χ1) is 6.77. The fourth-order valence-electron chi connectivity index (χ4n) is 1.23. The molecule has 0 bridgehead atoms. The van der Waals surface area contributed by atoms with Crippen molar-refractivity contribution < 1.29 is 4.79 Å². The van der Waals surface area contributed by atoms with Gasteiger partial charge < -0.3 is 0 Å². The zero-order chi connectivity index (χ0) is 10.4. The molecule has 1 nitrogen and oxygen atoms in total. The van der Waals surface area contributed by atoms with E-state index in [1.807, 2.05) is 37.3 Å². The van der Waals surface area contributed by atoms with E-state index in [1.165, 1.54) is 0 Å². The van der Waals surface area contributed by atoms with Gasteiger partial charge in [0.05, 0.1) is 0 Å². The summed E-state index contributed by atoms with van der Waals surface area (Å²) in [5.74, 6) is 0.641. The number of allylic oxidation sites excluding steroid dienone is 1. The molecule has 0 unspecified atom stereocenters. The molecule has 0 atom stereocenters. The SMILES string of the molecule is Cc1cc(C=O)ccc1C=CCCCl. The minimum Gasteiger partial charge on any atom is -0.298 e. The largest absolute Gasteiger partial charge is 0.298 e. The van der Waals surface area contributed by atoms with Crippen molar-refractivity contribution >= 4 is 24.0 Å². The van der Waals surface area contributed by atoms with Crippen LogP contribution in [0.4, 0.5) is 0 Å². The van der Waals surface area contributed by atoms with Gasteiger partial charge in [-0.15, -0.1) is 11.6 Å². The molecule has 14 heavy (non-hydrogen) atoms. The maximum absolute atomic E-state index is 10.5. The first-order valence-corrected chi connectivity index (χ1v) is 5.09. The molecule has 1 aromatic carbocycles. The lowest BCUT2D eigenvalue weighted by atomic mass is 10.1. The van der Waals surface area contributed by atoms with Gasteiger partial charge in [0.2, 0.25) is 0 Å². The number of hydrogen-bond donors (Lipinski definition) is 0. The number of aryl methyl sites for hydroxylation is 1. The normalized spacial score (nSPS) is 10.7. The summed E-state index contributed by atoms with van der Waals surface area (Å²) in [6, 6.07) is 5.65. The van der Waals surface area contributed by atoms with Gasteiger partial charge in [-0.3, -0.25) is 4.79 Å². The second-order valence-corrected chi connectivity index (χ2v) is 3.49. The quantitative estimate of drug-likeness (QED) is 0.547. The Labute approximate surface area is 89.4 Å². The molecule has 0 aliphatic rings. The molecule has 0 aliphatic heterocycles. The first kappa shape index (κ1) is 11.0. The minimum absolute atomic E-state index is 0.641. The number of carbonyl (C=O) groups excluding carboxylic acids is 1. The first-order valence-electron chi connectivity index (χ1n) is 4.56. The van der Waals surface area contributed by atoms with Gasteiger partial charge >= 0.3 is 0 Å². The summed E-state index contributed by atoms with van der Waals surface area (Å²) in [5.41, 5.74) is 2.97. The molecular formula is C12H13ClO. The third kappa shape index (κ3) is 3.00. The van der Waals surface area contributed by atoms with Crippen LogP contribution < -0.4 is 0 Å². The molecule has 74 valence electrons. The Kier molecular flexibility index (Phi) is 4.41. The molecule has 2 heteroatoms. The van der Waals surface area contributed by atoms with Gasteiger partial charge in [0.15, 0.2) is 0 Å². The number of benzene rings is 1. The van der Waals surface area contributed by atoms with Crippen LogP contribution in [0.15, 0.2) is 24.3 Å². The number of carbonyl (C=O) groups is 1. The third-order valence-corrected chi connectivity index (χ3v) is 2.22. The van der Waals surface area contributed by atoms with Gasteiger partial charge in [-0.05, 0) is 30.5 Å². The standard InChI is InChI=1S/C12H13ClO/c1-10-8-11(9-14)5-6-12(10)4-2-3-7-13/h2,4-6,8-9H,3,7H2,1H3. The lowest BCUT2D eigenvalue weighted by Gasteiger charge is -2.00. The molecule has 0 radical (unpaired) electrons. The zero-order valence-electron chi connectivity index (χ0n) is 8.16. The topological polar surface area (TPSA) is 17.1 Å². The van der Waals surface area contributed by atoms with Crippen LogP contribution in [0, 0.1) is 6.92 Å². The van der Waals surface area contributed by atoms with Crippen LogP contribution in [0.5, 0.6) is 0 Å². The number of rotatable bonds is 4. The Morgan fingerprint density at radius 3 is 2.79 bits per heavy atom. The number of hydrogen-bond acceptors (Lipinski definition) is 1. The summed E-state index contributed by atoms with van der Waals surface area (Å²) in [6.45, 7) is 1.99. The van der Waals surface area contributed by atoms with Crippen molar-refractivity contribution in [3.63, 3.8) is 0 Å². The van der Waals surface area contributed by atoms with E-state index in [1.54, 1.807) is 0 Å². The summed E-state index contributed by atoms with van der Waals surface area (Å²) >= 11 is 5.56. The van der Waals surface area contributed by atoms with Gasteiger partial charge in [-0.1, -0.05) is 24.3 Å². The fourth-order valence-corrected chi connectivity index (χ4v) is 1.36. The van der Waals surface area contributed by atoms with Crippen LogP contribution in [0.2, 0.25) is 0 Å². The molecule has 0 aromatic heterocycles. The predicted octanol–water partition coefficient (Wildman–Crippen LogP) is 3.45. The van der Waals surface area contributed by atoms with Crippen molar-refractivity contribution in [2.45, 2.75) is 13.3 Å². The molecule has 0 aliphatic carbocycles. The van der Waals surface area contributed by atoms with Gasteiger partial charge in [0.25, 0.3) is 0 Å². The second kappa shape index (κ2) is 5.61. The smallest absolute Gasteiger partial charge is 0.150 e. The highest BCUT2D eigenvalue weighted by molar-refractivity contribution is 6.17. The monoisotopic (exact) mass is 208 g/mol. The Hall–Kier alpha value is -1.08. The van der Waals surface area contributed by atoms with Crippen LogP contribution in [0.3, 0.4) is 0 Å². The van der Waals surface area contributed by atoms with Crippen LogP contribution in [0.1, 0.15) is 27.9 Å². The lowest BCUT2D eigenvalue weighted by Crippen LogP contribution is -1.85. The highest BCUT2D eigenvalue weighted by atomic mass is 35.5. The number of aldehydes is 1. The van der Waals surface area contributed by atoms with E-state index in [-0.39, 0.29) is 0 Å². The van der Waals surface area contributed by atoms with E-state index in [0.717, 1.165) is 29.4 Å². The van der Waals surface area contributed by atoms with Crippen LogP contribution in [-0.2, 0) is 0 Å². The third-order valence-electron chi connectivity index (χ3n) is 2.00. The number of halogens is 1. The average Bonchev–Trinajstić information content (AvgIpc) is 2.20. The Morgan fingerprint density at radius 2 is 2.21 bits per heavy atom. The molecule has 0 fully saturated rings. The van der Waals surface area contributed by atoms with E-state index in [4.69, 9.17) is 11.6 Å². The average molecular weight is 209 g/mol. The van der Waals surface area contributed by atoms with Crippen molar-refractivity contribution in [1.29, 1.82) is 0 Å². The summed E-state index contributed by atoms with van der Waals surface area (Å²) in [4.78, 5) is 10.5. The summed E-state index contributed by atoms with van der Waals surface area (Å²) in [6.07, 6.45) is 5.80. The fraction of sp³-hybridized carbons (Fsp3) is 0.250. The van der Waals surface area contributed by atoms with Crippen molar-refractivity contribution in [2.75, 3.05) is 5.88 Å². The molecule has 0 spiro atoms. The molecule has 0 heterocycles. The van der Waals surface area contributed by atoms with Crippen molar-refractivity contribution in [3.05, 3.63) is 41.0 Å². The molecular weight excluding hydrogens is 196 g/mol. The number of alkyl halides is 1. The second-order valence-electron chi connectivity index (χ2n) is 3.11. The maximum atomic E-state index is 10.5. The summed E-state index contributed by atoms with van der Waals surface area (Å²) < 4.78 is 0. The summed E-state index contributed by atoms with van der Waals surface area (Å²) in [5, 5.41) is 0. The van der Waals surface area contributed by atoms with E-state index in [2.05, 4.69) is 0 Å². The van der Waals surface area contributed by atoms with Crippen LogP contribution in [-0.4, -0.2) is 12.2 Å². The molecule has 1 aromatic rings. The molecule has 0 saturated heterocycles. The van der Waals surface area contributed by atoms with Gasteiger partial charge in [0.1, 0.15) is 6.29 Å². The molecule has 0 amide bonds. The van der Waals surface area contributed by atoms with Crippen molar-refractivity contribution in [3.8, 4) is 0 Å². The molecule has 0 N–H and O–H groups in total. The zero-order valence-corrected chi connectivity index (χ0v) is 8.92. The van der Waals surface area contributed by atoms with E-state index < -0.39 is 0 Å². The molecule has 0 saturated carbocycles. The van der Waals surface area contributed by atoms with Gasteiger partial charge in [-0.25, -0.2) is 0 Å². The van der Waals surface area contributed by atoms with E-state index >= 15 is 0 Å². The Morgan fingerprint density at radius 1 is 1.43 bits per heavy atom. The Bertz CT molecular complexity index is 342. The van der Waals surface area contributed by atoms with E-state index in [0.29, 0.717) is 5.88 Å². The van der Waals surface area contributed by atoms with Crippen LogP contribution >= 0.6 is 11.6 Å². The van der Waals surface area contributed by atoms with Crippen LogP contribution in [0.25, 0.3) is 6.08 Å². The highest BCUT2D eigenvalue weighted by Gasteiger charge is 1.95. The minimum atomic E-state index is 0.641. The summed E-state index contributed by atoms with van der Waals surface area (Å²) in [7, 11) is 0. The van der Waals surface area contributed by atoms with Crippen molar-refractivity contribution in [1.82, 2.24) is 0 Å². The maximum Gasteiger partial charge on any atom is 0.150 e. The predicted molar refractivity (Wildman–Crippen MR) is 60.9 cm³/mol. The Balaban J connectivity index is 2.83. The lowest BCUT2D eigenvalue weighted by molar-refractivity contribution is 0.112. The van der Waals surface area contributed by atoms with E-state index in [9.17, 15) is 4.79 Å².